The van der Waals surface area contributed by atoms with E-state index in [1.54, 1.807) is 11.0 Å². The first-order valence-corrected chi connectivity index (χ1v) is 10.7. The molecule has 2 aromatic carbocycles. The number of fused-ring (bicyclic) bond motifs is 3. The molecule has 150 valence electrons. The number of Topliss-reactive ketones (excluding diaryl/α,β-unsaturated/α-hetero) is 1. The number of benzene rings is 2. The molecule has 0 aromatic heterocycles. The third-order valence-electron chi connectivity index (χ3n) is 4.28. The van der Waals surface area contributed by atoms with Gasteiger partial charge in [0.25, 0.3) is 10.0 Å². The Balaban J connectivity index is 1.46. The number of rotatable bonds is 4. The highest BCUT2D eigenvalue weighted by atomic mass is 32.2. The van der Waals surface area contributed by atoms with Crippen molar-refractivity contribution in [1.82, 2.24) is 0 Å². The number of carbonyl (C=O) groups excluding carboxylic acids is 2. The maximum absolute atomic E-state index is 13.2. The number of ketones is 1. The van der Waals surface area contributed by atoms with Crippen LogP contribution < -0.4 is 4.90 Å². The van der Waals surface area contributed by atoms with Gasteiger partial charge in [0, 0.05) is 17.0 Å². The molecule has 0 spiro atoms. The quantitative estimate of drug-likeness (QED) is 0.535. The second-order valence-corrected chi connectivity index (χ2v) is 8.99. The van der Waals surface area contributed by atoms with Crippen LogP contribution in [0.3, 0.4) is 0 Å². The molecular formula is C18H12F2N2O5S2. The zero-order valence-electron chi connectivity index (χ0n) is 14.6. The average Bonchev–Trinajstić information content (AvgIpc) is 3.03. The molecule has 11 heteroatoms. The highest BCUT2D eigenvalue weighted by Crippen LogP contribution is 2.42. The van der Waals surface area contributed by atoms with E-state index in [2.05, 4.69) is 4.40 Å². The summed E-state index contributed by atoms with van der Waals surface area (Å²) in [4.78, 5) is 26.7. The normalized spacial score (nSPS) is 16.6. The molecule has 0 N–H and O–H groups in total. The molecule has 0 amide bonds. The summed E-state index contributed by atoms with van der Waals surface area (Å²) in [5.74, 6) is -3.79. The lowest BCUT2D eigenvalue weighted by atomic mass is 10.1. The molecule has 0 radical (unpaired) electrons. The lowest BCUT2D eigenvalue weighted by Crippen LogP contribution is -2.35. The summed E-state index contributed by atoms with van der Waals surface area (Å²) in [5.41, 5.74) is 0.785. The molecular weight excluding hydrogens is 426 g/mol. The number of anilines is 1. The van der Waals surface area contributed by atoms with Gasteiger partial charge in [-0.3, -0.25) is 4.79 Å². The van der Waals surface area contributed by atoms with Crippen molar-refractivity contribution in [2.24, 2.45) is 4.40 Å². The summed E-state index contributed by atoms with van der Waals surface area (Å²) >= 11 is 1.12. The molecule has 0 saturated heterocycles. The Morgan fingerprint density at radius 3 is 2.62 bits per heavy atom. The van der Waals surface area contributed by atoms with Crippen molar-refractivity contribution in [3.05, 3.63) is 59.2 Å². The van der Waals surface area contributed by atoms with Crippen LogP contribution in [0.5, 0.6) is 0 Å². The van der Waals surface area contributed by atoms with E-state index < -0.39 is 40.0 Å². The summed E-state index contributed by atoms with van der Waals surface area (Å²) in [6.45, 7) is -0.362. The zero-order chi connectivity index (χ0) is 20.8. The van der Waals surface area contributed by atoms with Crippen molar-refractivity contribution in [2.75, 3.05) is 23.8 Å². The monoisotopic (exact) mass is 438 g/mol. The number of carbonyl (C=O) groups is 2. The minimum Gasteiger partial charge on any atom is -0.454 e. The van der Waals surface area contributed by atoms with Crippen LogP contribution in [0.4, 0.5) is 14.5 Å². The lowest BCUT2D eigenvalue weighted by molar-refractivity contribution is 0.0474. The van der Waals surface area contributed by atoms with Gasteiger partial charge in [-0.25, -0.2) is 22.0 Å². The Hall–Kier alpha value is -2.79. The van der Waals surface area contributed by atoms with E-state index in [1.807, 2.05) is 0 Å². The van der Waals surface area contributed by atoms with Gasteiger partial charge in [0.05, 0.1) is 17.0 Å². The largest absolute Gasteiger partial charge is 0.454 e. The number of hydrogen-bond acceptors (Lipinski definition) is 7. The van der Waals surface area contributed by atoms with Crippen LogP contribution in [0, 0.1) is 11.6 Å². The van der Waals surface area contributed by atoms with Gasteiger partial charge in [-0.05, 0) is 48.2 Å². The van der Waals surface area contributed by atoms with Crippen LogP contribution in [-0.2, 0) is 14.8 Å². The fourth-order valence-corrected chi connectivity index (χ4v) is 5.12. The number of sulfonamides is 1. The molecule has 0 aliphatic carbocycles. The Labute approximate surface area is 168 Å². The average molecular weight is 438 g/mol. The molecule has 0 saturated carbocycles. The predicted molar refractivity (Wildman–Crippen MR) is 102 cm³/mol. The van der Waals surface area contributed by atoms with E-state index in [0.717, 1.165) is 35.6 Å². The van der Waals surface area contributed by atoms with Crippen molar-refractivity contribution < 1.29 is 31.5 Å². The van der Waals surface area contributed by atoms with Crippen molar-refractivity contribution in [3.8, 4) is 0 Å². The van der Waals surface area contributed by atoms with Crippen LogP contribution in [0.25, 0.3) is 0 Å². The van der Waals surface area contributed by atoms with E-state index in [-0.39, 0.29) is 23.4 Å². The Morgan fingerprint density at radius 1 is 1.10 bits per heavy atom. The molecule has 2 heterocycles. The van der Waals surface area contributed by atoms with Gasteiger partial charge >= 0.3 is 5.97 Å². The first kappa shape index (κ1) is 19.5. The van der Waals surface area contributed by atoms with Crippen molar-refractivity contribution in [2.45, 2.75) is 4.90 Å². The van der Waals surface area contributed by atoms with Gasteiger partial charge in [0.15, 0.2) is 29.2 Å². The van der Waals surface area contributed by atoms with Gasteiger partial charge in [-0.1, -0.05) is 0 Å². The fourth-order valence-electron chi connectivity index (χ4n) is 2.82. The molecule has 2 aliphatic heterocycles. The number of amidine groups is 1. The van der Waals surface area contributed by atoms with E-state index in [0.29, 0.717) is 10.1 Å². The first-order chi connectivity index (χ1) is 13.7. The van der Waals surface area contributed by atoms with Crippen molar-refractivity contribution in [1.29, 1.82) is 0 Å². The summed E-state index contributed by atoms with van der Waals surface area (Å²) < 4.78 is 58.2. The molecule has 2 aromatic rings. The fraction of sp³-hybridized carbons (Fsp3) is 0.167. The molecule has 0 fully saturated rings. The molecule has 0 bridgehead atoms. The van der Waals surface area contributed by atoms with Crippen LogP contribution in [-0.4, -0.2) is 44.2 Å². The number of ether oxygens (including phenoxy) is 1. The Morgan fingerprint density at radius 2 is 1.86 bits per heavy atom. The van der Waals surface area contributed by atoms with Gasteiger partial charge in [-0.2, -0.15) is 0 Å². The zero-order valence-corrected chi connectivity index (χ0v) is 16.2. The molecule has 0 unspecified atom stereocenters. The minimum atomic E-state index is -3.49. The summed E-state index contributed by atoms with van der Waals surface area (Å²) in [6.07, 6.45) is 0. The molecule has 2 aliphatic rings. The first-order valence-electron chi connectivity index (χ1n) is 8.31. The van der Waals surface area contributed by atoms with Crippen molar-refractivity contribution >= 4 is 44.4 Å². The number of halogens is 2. The number of thioether (sulfide) groups is 1. The third-order valence-corrected chi connectivity index (χ3v) is 6.59. The lowest BCUT2D eigenvalue weighted by Gasteiger charge is -2.22. The summed E-state index contributed by atoms with van der Waals surface area (Å²) in [5, 5.41) is 0.324. The van der Waals surface area contributed by atoms with Gasteiger partial charge in [-0.15, -0.1) is 4.40 Å². The summed E-state index contributed by atoms with van der Waals surface area (Å²) in [7, 11) is -3.49. The topological polar surface area (TPSA) is 93.1 Å². The van der Waals surface area contributed by atoms with E-state index in [4.69, 9.17) is 4.74 Å². The number of esters is 1. The molecule has 7 nitrogen and oxygen atoms in total. The molecule has 0 atom stereocenters. The van der Waals surface area contributed by atoms with Gasteiger partial charge < -0.3 is 9.64 Å². The van der Waals surface area contributed by atoms with Gasteiger partial charge in [0.1, 0.15) is 0 Å². The van der Waals surface area contributed by atoms with Crippen LogP contribution in [0.2, 0.25) is 0 Å². The molecule has 4 rings (SSSR count). The van der Waals surface area contributed by atoms with E-state index >= 15 is 0 Å². The molecule has 29 heavy (non-hydrogen) atoms. The standard InChI is InChI=1S/C18H12F2N2O5S2/c19-12-3-1-10(7-13(12)20)15(23)9-27-17(24)11-2-4-14-16(8-11)28-18-21-29(25,26)6-5-22(14)18/h1-4,7-8H,5-6,9H2. The highest BCUT2D eigenvalue weighted by molar-refractivity contribution is 8.15. The summed E-state index contributed by atoms with van der Waals surface area (Å²) in [6, 6.07) is 7.33. The number of nitrogens with zero attached hydrogens (tertiary/aromatic N) is 2. The smallest absolute Gasteiger partial charge is 0.338 e. The van der Waals surface area contributed by atoms with Crippen LogP contribution in [0.15, 0.2) is 45.7 Å². The highest BCUT2D eigenvalue weighted by Gasteiger charge is 2.33. The van der Waals surface area contributed by atoms with Crippen molar-refractivity contribution in [3.63, 3.8) is 0 Å². The van der Waals surface area contributed by atoms with E-state index in [9.17, 15) is 26.8 Å². The predicted octanol–water partition coefficient (Wildman–Crippen LogP) is 2.62. The third kappa shape index (κ3) is 3.87. The van der Waals surface area contributed by atoms with Crippen LogP contribution in [0.1, 0.15) is 20.7 Å². The van der Waals surface area contributed by atoms with Gasteiger partial charge in [0.2, 0.25) is 0 Å². The SMILES string of the molecule is O=C(COC(=O)c1ccc2c(c1)SC1=NS(=O)(=O)CCN12)c1ccc(F)c(F)c1. The Bertz CT molecular complexity index is 1180. The minimum absolute atomic E-state index is 0.0909. The second-order valence-electron chi connectivity index (χ2n) is 6.22. The second kappa shape index (κ2) is 7.23. The maximum Gasteiger partial charge on any atom is 0.338 e. The van der Waals surface area contributed by atoms with Crippen LogP contribution >= 0.6 is 11.8 Å². The Kier molecular flexibility index (Phi) is 4.87. The maximum atomic E-state index is 13.2. The number of hydrogen-bond donors (Lipinski definition) is 0. The van der Waals surface area contributed by atoms with E-state index in [1.165, 1.54) is 12.1 Å².